The van der Waals surface area contributed by atoms with Gasteiger partial charge in [-0.1, -0.05) is 6.07 Å². The number of nitrogens with zero attached hydrogens (tertiary/aromatic N) is 3. The van der Waals surface area contributed by atoms with Crippen LogP contribution in [0.4, 0.5) is 0 Å². The molecule has 2 aromatic heterocycles. The number of hydrogen-bond donors (Lipinski definition) is 1. The fraction of sp³-hybridized carbons (Fsp3) is 0.385. The Morgan fingerprint density at radius 2 is 2.19 bits per heavy atom. The van der Waals surface area contributed by atoms with E-state index < -0.39 is 10.0 Å². The lowest BCUT2D eigenvalue weighted by Crippen LogP contribution is -2.35. The maximum absolute atomic E-state index is 12.3. The van der Waals surface area contributed by atoms with Gasteiger partial charge in [-0.05, 0) is 12.1 Å². The molecule has 1 fully saturated rings. The summed E-state index contributed by atoms with van der Waals surface area (Å²) in [5, 5.41) is 0. The number of amides is 1. The van der Waals surface area contributed by atoms with Crippen LogP contribution >= 0.6 is 0 Å². The molecule has 1 N–H and O–H groups in total. The number of carbonyl (C=O) groups excluding carboxylic acids is 1. The van der Waals surface area contributed by atoms with Gasteiger partial charge in [-0.25, -0.2) is 18.1 Å². The second-order valence-electron chi connectivity index (χ2n) is 4.97. The molecular weight excluding hydrogens is 292 g/mol. The fourth-order valence-corrected chi connectivity index (χ4v) is 3.35. The van der Waals surface area contributed by atoms with E-state index in [2.05, 4.69) is 9.71 Å². The molecule has 1 aliphatic rings. The van der Waals surface area contributed by atoms with Crippen molar-refractivity contribution < 1.29 is 13.2 Å². The predicted molar refractivity (Wildman–Crippen MR) is 77.3 cm³/mol. The van der Waals surface area contributed by atoms with Gasteiger partial charge in [0.2, 0.25) is 15.9 Å². The third-order valence-electron chi connectivity index (χ3n) is 3.43. The second kappa shape index (κ2) is 5.45. The van der Waals surface area contributed by atoms with Crippen molar-refractivity contribution in [3.63, 3.8) is 0 Å². The summed E-state index contributed by atoms with van der Waals surface area (Å²) < 4.78 is 27.2. The highest BCUT2D eigenvalue weighted by Gasteiger charge is 2.22. The number of nitrogens with one attached hydrogen (secondary N) is 1. The van der Waals surface area contributed by atoms with E-state index in [-0.39, 0.29) is 31.2 Å². The Hall–Kier alpha value is -1.93. The number of carbonyl (C=O) groups is 1. The van der Waals surface area contributed by atoms with E-state index >= 15 is 0 Å². The molecule has 7 nitrogen and oxygen atoms in total. The van der Waals surface area contributed by atoms with Gasteiger partial charge in [0.15, 0.2) is 0 Å². The molecule has 112 valence electrons. The van der Waals surface area contributed by atoms with Crippen LogP contribution in [-0.2, 0) is 21.2 Å². The van der Waals surface area contributed by atoms with Crippen molar-refractivity contribution in [3.05, 3.63) is 36.3 Å². The first kappa shape index (κ1) is 14.0. The van der Waals surface area contributed by atoms with Crippen LogP contribution in [-0.4, -0.2) is 54.0 Å². The van der Waals surface area contributed by atoms with Crippen LogP contribution in [0.5, 0.6) is 0 Å². The molecular formula is C13H16N4O3S. The molecule has 8 heteroatoms. The predicted octanol–water partition coefficient (Wildman–Crippen LogP) is -0.362. The molecule has 0 spiro atoms. The van der Waals surface area contributed by atoms with Crippen LogP contribution in [0.3, 0.4) is 0 Å². The molecule has 3 heterocycles. The Morgan fingerprint density at radius 1 is 1.33 bits per heavy atom. The average molecular weight is 308 g/mol. The Labute approximate surface area is 122 Å². The summed E-state index contributed by atoms with van der Waals surface area (Å²) in [7, 11) is -3.24. The van der Waals surface area contributed by atoms with Crippen LogP contribution in [0, 0.1) is 0 Å². The zero-order valence-corrected chi connectivity index (χ0v) is 12.2. The summed E-state index contributed by atoms with van der Waals surface area (Å²) in [5.41, 5.74) is 1.48. The number of imidazole rings is 1. The highest BCUT2D eigenvalue weighted by molar-refractivity contribution is 7.89. The number of pyridine rings is 1. The van der Waals surface area contributed by atoms with Crippen molar-refractivity contribution in [1.29, 1.82) is 0 Å². The average Bonchev–Trinajstić information content (AvgIpc) is 2.74. The minimum atomic E-state index is -3.24. The first-order valence-electron chi connectivity index (χ1n) is 6.71. The first-order chi connectivity index (χ1) is 10.0. The zero-order valence-electron chi connectivity index (χ0n) is 11.4. The molecule has 2 aromatic rings. The van der Waals surface area contributed by atoms with E-state index in [0.717, 1.165) is 5.65 Å². The zero-order chi connectivity index (χ0) is 14.9. The lowest BCUT2D eigenvalue weighted by molar-refractivity contribution is -0.130. The maximum Gasteiger partial charge on any atom is 0.228 e. The highest BCUT2D eigenvalue weighted by atomic mass is 32.2. The fourth-order valence-electron chi connectivity index (χ4n) is 2.34. The van der Waals surface area contributed by atoms with Gasteiger partial charge in [0.05, 0.1) is 17.9 Å². The molecule has 21 heavy (non-hydrogen) atoms. The van der Waals surface area contributed by atoms with Gasteiger partial charge in [-0.15, -0.1) is 0 Å². The van der Waals surface area contributed by atoms with Gasteiger partial charge in [0, 0.05) is 32.0 Å². The van der Waals surface area contributed by atoms with Crippen molar-refractivity contribution >= 4 is 21.6 Å². The minimum Gasteiger partial charge on any atom is -0.340 e. The largest absolute Gasteiger partial charge is 0.340 e. The van der Waals surface area contributed by atoms with E-state index in [0.29, 0.717) is 12.2 Å². The lowest BCUT2D eigenvalue weighted by Gasteiger charge is -2.18. The summed E-state index contributed by atoms with van der Waals surface area (Å²) in [5.74, 6) is -0.151. The van der Waals surface area contributed by atoms with Crippen molar-refractivity contribution in [1.82, 2.24) is 19.0 Å². The molecule has 0 unspecified atom stereocenters. The van der Waals surface area contributed by atoms with Crippen LogP contribution in [0.15, 0.2) is 30.6 Å². The monoisotopic (exact) mass is 308 g/mol. The van der Waals surface area contributed by atoms with Gasteiger partial charge in [0.25, 0.3) is 0 Å². The standard InChI is InChI=1S/C13H16N4O3S/c18-13(16-6-4-14-21(19,20)8-7-16)9-11-10-17-5-2-1-3-12(17)15-11/h1-3,5,10,14H,4,6-9H2. The molecule has 0 aromatic carbocycles. The summed E-state index contributed by atoms with van der Waals surface area (Å²) in [6.45, 7) is 0.881. The Balaban J connectivity index is 1.71. The van der Waals surface area contributed by atoms with E-state index in [1.165, 1.54) is 0 Å². The molecule has 0 aliphatic carbocycles. The van der Waals surface area contributed by atoms with E-state index in [4.69, 9.17) is 0 Å². The molecule has 3 rings (SSSR count). The lowest BCUT2D eigenvalue weighted by atomic mass is 10.3. The van der Waals surface area contributed by atoms with Crippen molar-refractivity contribution in [2.24, 2.45) is 0 Å². The molecule has 0 radical (unpaired) electrons. The number of hydrogen-bond acceptors (Lipinski definition) is 4. The van der Waals surface area contributed by atoms with Crippen molar-refractivity contribution in [2.45, 2.75) is 6.42 Å². The van der Waals surface area contributed by atoms with Gasteiger partial charge in [-0.2, -0.15) is 0 Å². The van der Waals surface area contributed by atoms with Crippen LogP contribution in [0.25, 0.3) is 5.65 Å². The maximum atomic E-state index is 12.3. The van der Waals surface area contributed by atoms with E-state index in [1.54, 1.807) is 4.90 Å². The normalized spacial score (nSPS) is 18.6. The van der Waals surface area contributed by atoms with Gasteiger partial charge >= 0.3 is 0 Å². The summed E-state index contributed by atoms with van der Waals surface area (Å²) in [6.07, 6.45) is 3.88. The molecule has 0 atom stereocenters. The topological polar surface area (TPSA) is 83.8 Å². The van der Waals surface area contributed by atoms with Crippen molar-refractivity contribution in [2.75, 3.05) is 25.4 Å². The minimum absolute atomic E-state index is 0.0517. The Bertz CT molecular complexity index is 736. The van der Waals surface area contributed by atoms with Gasteiger partial charge in [0.1, 0.15) is 5.65 Å². The number of aromatic nitrogens is 2. The highest BCUT2D eigenvalue weighted by Crippen LogP contribution is 2.07. The van der Waals surface area contributed by atoms with Crippen LogP contribution < -0.4 is 4.72 Å². The molecule has 1 saturated heterocycles. The van der Waals surface area contributed by atoms with Crippen LogP contribution in [0.2, 0.25) is 0 Å². The van der Waals surface area contributed by atoms with Gasteiger partial charge < -0.3 is 9.30 Å². The van der Waals surface area contributed by atoms with E-state index in [9.17, 15) is 13.2 Å². The Morgan fingerprint density at radius 3 is 3.00 bits per heavy atom. The Kier molecular flexibility index (Phi) is 3.64. The number of fused-ring (bicyclic) bond motifs is 1. The van der Waals surface area contributed by atoms with E-state index in [1.807, 2.05) is 35.0 Å². The molecule has 1 amide bonds. The molecule has 0 saturated carbocycles. The summed E-state index contributed by atoms with van der Waals surface area (Å²) >= 11 is 0. The van der Waals surface area contributed by atoms with Crippen LogP contribution in [0.1, 0.15) is 5.69 Å². The number of rotatable bonds is 2. The van der Waals surface area contributed by atoms with Crippen molar-refractivity contribution in [3.8, 4) is 0 Å². The quantitative estimate of drug-likeness (QED) is 0.821. The van der Waals surface area contributed by atoms with Gasteiger partial charge in [-0.3, -0.25) is 4.79 Å². The molecule has 1 aliphatic heterocycles. The first-order valence-corrected chi connectivity index (χ1v) is 8.36. The third-order valence-corrected chi connectivity index (χ3v) is 4.80. The third kappa shape index (κ3) is 3.22. The second-order valence-corrected chi connectivity index (χ2v) is 6.90. The summed E-state index contributed by atoms with van der Waals surface area (Å²) in [4.78, 5) is 18.2. The number of sulfonamides is 1. The SMILES string of the molecule is O=C(Cc1cn2ccccc2n1)N1CCNS(=O)(=O)CC1. The molecule has 0 bridgehead atoms. The summed E-state index contributed by atoms with van der Waals surface area (Å²) in [6, 6.07) is 5.65. The smallest absolute Gasteiger partial charge is 0.228 e.